The summed E-state index contributed by atoms with van der Waals surface area (Å²) in [4.78, 5) is 38.0. The topological polar surface area (TPSA) is 78.9 Å². The van der Waals surface area contributed by atoms with Crippen molar-refractivity contribution in [3.63, 3.8) is 0 Å². The molecule has 0 rings (SSSR count). The van der Waals surface area contributed by atoms with E-state index in [9.17, 15) is 14.4 Å². The summed E-state index contributed by atoms with van der Waals surface area (Å²) in [5.74, 6) is 0.00418. The van der Waals surface area contributed by atoms with Crippen LogP contribution in [-0.2, 0) is 28.6 Å². The molecule has 0 spiro atoms. The number of esters is 3. The molecule has 0 saturated heterocycles. The second kappa shape index (κ2) is 47.5. The highest BCUT2D eigenvalue weighted by atomic mass is 16.6. The van der Waals surface area contributed by atoms with Gasteiger partial charge in [-0.05, 0) is 25.2 Å². The van der Waals surface area contributed by atoms with Crippen molar-refractivity contribution in [2.24, 2.45) is 5.92 Å². The van der Waals surface area contributed by atoms with Gasteiger partial charge in [-0.15, -0.1) is 0 Å². The van der Waals surface area contributed by atoms with Crippen LogP contribution >= 0.6 is 0 Å². The maximum absolute atomic E-state index is 12.8. The molecule has 350 valence electrons. The standard InChI is InChI=1S/C53H102O6/c1-5-8-10-12-14-16-18-20-22-24-25-27-32-36-40-44-51(54)57-47-50(48-58-52(55)45-41-37-33-30-29-31-35-39-43-49(4)7-3)59-53(56)46-42-38-34-28-26-23-21-19-17-15-13-11-9-6-2/h49-50H,5-48H2,1-4H3/t49?,50-/m0/s1. The predicted molar refractivity (Wildman–Crippen MR) is 252 cm³/mol. The maximum atomic E-state index is 12.8. The lowest BCUT2D eigenvalue weighted by Gasteiger charge is -2.18. The van der Waals surface area contributed by atoms with Gasteiger partial charge < -0.3 is 14.2 Å². The van der Waals surface area contributed by atoms with Gasteiger partial charge in [-0.25, -0.2) is 0 Å². The van der Waals surface area contributed by atoms with Crippen molar-refractivity contribution in [2.45, 2.75) is 303 Å². The van der Waals surface area contributed by atoms with Gasteiger partial charge in [-0.1, -0.05) is 259 Å². The summed E-state index contributed by atoms with van der Waals surface area (Å²) in [7, 11) is 0. The van der Waals surface area contributed by atoms with E-state index in [1.54, 1.807) is 0 Å². The van der Waals surface area contributed by atoms with Gasteiger partial charge in [-0.3, -0.25) is 14.4 Å². The molecule has 0 heterocycles. The predicted octanol–water partition coefficient (Wildman–Crippen LogP) is 17.1. The Morgan fingerprint density at radius 2 is 0.593 bits per heavy atom. The minimum Gasteiger partial charge on any atom is -0.462 e. The van der Waals surface area contributed by atoms with Crippen LogP contribution in [0.25, 0.3) is 0 Å². The summed E-state index contributed by atoms with van der Waals surface area (Å²) in [6, 6.07) is 0. The zero-order valence-corrected chi connectivity index (χ0v) is 40.2. The SMILES string of the molecule is CCCCCCCCCCCCCCCCCC(=O)OC[C@@H](COC(=O)CCCCCCCCCCC(C)CC)OC(=O)CCCCCCCCCCCCCCCC. The van der Waals surface area contributed by atoms with Crippen LogP contribution in [0.2, 0.25) is 0 Å². The summed E-state index contributed by atoms with van der Waals surface area (Å²) in [5.41, 5.74) is 0. The first kappa shape index (κ1) is 57.4. The average molecular weight is 835 g/mol. The van der Waals surface area contributed by atoms with Gasteiger partial charge in [0.2, 0.25) is 0 Å². The van der Waals surface area contributed by atoms with Gasteiger partial charge in [0, 0.05) is 19.3 Å². The van der Waals surface area contributed by atoms with Crippen molar-refractivity contribution in [3.05, 3.63) is 0 Å². The van der Waals surface area contributed by atoms with Crippen LogP contribution in [0, 0.1) is 5.92 Å². The molecule has 2 atom stereocenters. The molecule has 0 aromatic heterocycles. The fourth-order valence-corrected chi connectivity index (χ4v) is 8.01. The molecule has 0 aliphatic carbocycles. The van der Waals surface area contributed by atoms with E-state index in [1.807, 2.05) is 0 Å². The third-order valence-electron chi connectivity index (χ3n) is 12.4. The van der Waals surface area contributed by atoms with Gasteiger partial charge in [0.25, 0.3) is 0 Å². The highest BCUT2D eigenvalue weighted by Gasteiger charge is 2.19. The molecule has 0 N–H and O–H groups in total. The molecule has 6 heteroatoms. The van der Waals surface area contributed by atoms with E-state index < -0.39 is 6.10 Å². The smallest absolute Gasteiger partial charge is 0.306 e. The first-order valence-electron chi connectivity index (χ1n) is 26.4. The number of ether oxygens (including phenoxy) is 3. The monoisotopic (exact) mass is 835 g/mol. The normalized spacial score (nSPS) is 12.4. The van der Waals surface area contributed by atoms with Crippen LogP contribution in [0.4, 0.5) is 0 Å². The number of unbranched alkanes of at least 4 members (excludes halogenated alkanes) is 34. The van der Waals surface area contributed by atoms with E-state index in [-0.39, 0.29) is 31.1 Å². The van der Waals surface area contributed by atoms with E-state index in [0.717, 1.165) is 63.7 Å². The molecule has 0 saturated carbocycles. The summed E-state index contributed by atoms with van der Waals surface area (Å²) >= 11 is 0. The summed E-state index contributed by atoms with van der Waals surface area (Å²) in [5, 5.41) is 0. The number of carbonyl (C=O) groups excluding carboxylic acids is 3. The molecule has 0 aliphatic heterocycles. The molecule has 0 amide bonds. The van der Waals surface area contributed by atoms with Crippen molar-refractivity contribution in [1.82, 2.24) is 0 Å². The van der Waals surface area contributed by atoms with Gasteiger partial charge in [0.1, 0.15) is 13.2 Å². The molecule has 0 aliphatic rings. The fourth-order valence-electron chi connectivity index (χ4n) is 8.01. The van der Waals surface area contributed by atoms with E-state index in [1.165, 1.54) is 193 Å². The van der Waals surface area contributed by atoms with Gasteiger partial charge in [0.15, 0.2) is 6.10 Å². The van der Waals surface area contributed by atoms with Gasteiger partial charge in [-0.2, -0.15) is 0 Å². The van der Waals surface area contributed by atoms with Crippen molar-refractivity contribution in [3.8, 4) is 0 Å². The minimum absolute atomic E-state index is 0.0628. The van der Waals surface area contributed by atoms with E-state index in [0.29, 0.717) is 19.3 Å². The molecule has 1 unspecified atom stereocenters. The van der Waals surface area contributed by atoms with Gasteiger partial charge >= 0.3 is 17.9 Å². The molecule has 0 radical (unpaired) electrons. The summed E-state index contributed by atoms with van der Waals surface area (Å²) < 4.78 is 16.8. The van der Waals surface area contributed by atoms with E-state index in [2.05, 4.69) is 27.7 Å². The van der Waals surface area contributed by atoms with E-state index in [4.69, 9.17) is 14.2 Å². The van der Waals surface area contributed by atoms with Crippen LogP contribution in [0.15, 0.2) is 0 Å². The molecule has 59 heavy (non-hydrogen) atoms. The average Bonchev–Trinajstić information content (AvgIpc) is 3.23. The Balaban J connectivity index is 4.31. The van der Waals surface area contributed by atoms with Gasteiger partial charge in [0.05, 0.1) is 0 Å². The molecule has 6 nitrogen and oxygen atoms in total. The first-order valence-corrected chi connectivity index (χ1v) is 26.4. The zero-order chi connectivity index (χ0) is 43.1. The van der Waals surface area contributed by atoms with Crippen LogP contribution in [0.1, 0.15) is 297 Å². The Morgan fingerprint density at radius 1 is 0.339 bits per heavy atom. The van der Waals surface area contributed by atoms with Crippen molar-refractivity contribution >= 4 is 17.9 Å². The number of carbonyl (C=O) groups is 3. The summed E-state index contributed by atoms with van der Waals surface area (Å²) in [6.07, 6.45) is 49.3. The Morgan fingerprint density at radius 3 is 0.881 bits per heavy atom. The largest absolute Gasteiger partial charge is 0.462 e. The third kappa shape index (κ3) is 45.8. The Hall–Kier alpha value is -1.59. The van der Waals surface area contributed by atoms with Crippen LogP contribution in [0.5, 0.6) is 0 Å². The Labute approximate surface area is 368 Å². The number of hydrogen-bond acceptors (Lipinski definition) is 6. The van der Waals surface area contributed by atoms with Crippen LogP contribution < -0.4 is 0 Å². The zero-order valence-electron chi connectivity index (χ0n) is 40.2. The maximum Gasteiger partial charge on any atom is 0.306 e. The summed E-state index contributed by atoms with van der Waals surface area (Å²) in [6.45, 7) is 9.04. The van der Waals surface area contributed by atoms with Crippen molar-refractivity contribution < 1.29 is 28.6 Å². The lowest BCUT2D eigenvalue weighted by Crippen LogP contribution is -2.30. The second-order valence-corrected chi connectivity index (χ2v) is 18.4. The number of rotatable bonds is 48. The first-order chi connectivity index (χ1) is 28.9. The Kier molecular flexibility index (Phi) is 46.2. The van der Waals surface area contributed by atoms with Crippen LogP contribution in [0.3, 0.4) is 0 Å². The Bertz CT molecular complexity index is 889. The molecular weight excluding hydrogens is 733 g/mol. The highest BCUT2D eigenvalue weighted by molar-refractivity contribution is 5.71. The molecule has 0 aromatic rings. The second-order valence-electron chi connectivity index (χ2n) is 18.4. The van der Waals surface area contributed by atoms with Crippen molar-refractivity contribution in [1.29, 1.82) is 0 Å². The minimum atomic E-state index is -0.761. The highest BCUT2D eigenvalue weighted by Crippen LogP contribution is 2.18. The van der Waals surface area contributed by atoms with E-state index >= 15 is 0 Å². The number of hydrogen-bond donors (Lipinski definition) is 0. The van der Waals surface area contributed by atoms with Crippen molar-refractivity contribution in [2.75, 3.05) is 13.2 Å². The lowest BCUT2D eigenvalue weighted by molar-refractivity contribution is -0.167. The molecule has 0 bridgehead atoms. The molecule has 0 fully saturated rings. The van der Waals surface area contributed by atoms with Crippen LogP contribution in [-0.4, -0.2) is 37.2 Å². The third-order valence-corrected chi connectivity index (χ3v) is 12.4. The fraction of sp³-hybridized carbons (Fsp3) is 0.943. The lowest BCUT2D eigenvalue weighted by atomic mass is 9.99. The quantitative estimate of drug-likeness (QED) is 0.0345. The molecular formula is C53H102O6. The molecule has 0 aromatic carbocycles.